The predicted molar refractivity (Wildman–Crippen MR) is 111 cm³/mol. The average Bonchev–Trinajstić information content (AvgIpc) is 3.02. The van der Waals surface area contributed by atoms with Gasteiger partial charge in [0.15, 0.2) is 0 Å². The number of hydrogen-bond acceptors (Lipinski definition) is 9. The van der Waals surface area contributed by atoms with E-state index >= 15 is 0 Å². The number of nitrogen functional groups attached to an aromatic ring is 1. The predicted octanol–water partition coefficient (Wildman–Crippen LogP) is 4.64. The number of thiophene rings is 1. The van der Waals surface area contributed by atoms with Gasteiger partial charge in [-0.15, -0.1) is 11.3 Å². The van der Waals surface area contributed by atoms with Gasteiger partial charge in [0, 0.05) is 5.69 Å². The molecule has 3 rings (SSSR count). The molecule has 0 fully saturated rings. The highest BCUT2D eigenvalue weighted by atomic mass is 32.2. The van der Waals surface area contributed by atoms with Crippen LogP contribution in [0.1, 0.15) is 44.8 Å². The van der Waals surface area contributed by atoms with E-state index < -0.39 is 23.3 Å². The molecular weight excluding hydrogens is 451 g/mol. The van der Waals surface area contributed by atoms with Crippen molar-refractivity contribution in [3.05, 3.63) is 39.2 Å². The van der Waals surface area contributed by atoms with Crippen LogP contribution in [-0.4, -0.2) is 27.5 Å². The van der Waals surface area contributed by atoms with Crippen molar-refractivity contribution < 1.29 is 22.7 Å². The summed E-state index contributed by atoms with van der Waals surface area (Å²) in [4.78, 5) is 25.6. The monoisotopic (exact) mass is 467 g/mol. The molecule has 3 heterocycles. The molecule has 2 N–H and O–H groups in total. The minimum atomic E-state index is -4.67. The van der Waals surface area contributed by atoms with Crippen LogP contribution < -0.4 is 5.73 Å². The first-order valence-electron chi connectivity index (χ1n) is 8.91. The van der Waals surface area contributed by atoms with Gasteiger partial charge in [0.25, 0.3) is 0 Å². The lowest BCUT2D eigenvalue weighted by Crippen LogP contribution is -2.10. The summed E-state index contributed by atoms with van der Waals surface area (Å²) in [5.74, 6) is -0.0551. The van der Waals surface area contributed by atoms with E-state index in [1.165, 1.54) is 6.92 Å². The van der Waals surface area contributed by atoms with E-state index in [0.29, 0.717) is 20.7 Å². The molecule has 0 aliphatic heterocycles. The van der Waals surface area contributed by atoms with E-state index in [4.69, 9.17) is 10.5 Å². The first kappa shape index (κ1) is 22.8. The van der Waals surface area contributed by atoms with Gasteiger partial charge in [0.1, 0.15) is 32.4 Å². The number of fused-ring (bicyclic) bond motifs is 1. The number of nitriles is 1. The van der Waals surface area contributed by atoms with Gasteiger partial charge in [-0.3, -0.25) is 0 Å². The topological polar surface area (TPSA) is 115 Å². The van der Waals surface area contributed by atoms with Crippen LogP contribution in [0, 0.1) is 25.2 Å². The van der Waals surface area contributed by atoms with Crippen molar-refractivity contribution in [1.82, 2.24) is 15.0 Å². The van der Waals surface area contributed by atoms with Gasteiger partial charge in [0.2, 0.25) is 0 Å². The van der Waals surface area contributed by atoms with Crippen molar-refractivity contribution in [2.24, 2.45) is 0 Å². The zero-order valence-corrected chi connectivity index (χ0v) is 18.3. The van der Waals surface area contributed by atoms with E-state index in [0.717, 1.165) is 29.2 Å². The maximum Gasteiger partial charge on any atom is 0.417 e. The summed E-state index contributed by atoms with van der Waals surface area (Å²) in [6.07, 6.45) is -4.67. The fraction of sp³-hybridized carbons (Fsp3) is 0.316. The van der Waals surface area contributed by atoms with Crippen molar-refractivity contribution in [3.63, 3.8) is 0 Å². The number of halogens is 3. The van der Waals surface area contributed by atoms with Gasteiger partial charge < -0.3 is 10.5 Å². The number of carbonyl (C=O) groups excluding carboxylic acids is 1. The minimum absolute atomic E-state index is 0.0360. The number of hydrogen-bond donors (Lipinski definition) is 1. The van der Waals surface area contributed by atoms with Gasteiger partial charge in [-0.2, -0.15) is 18.4 Å². The Morgan fingerprint density at radius 1 is 1.32 bits per heavy atom. The summed E-state index contributed by atoms with van der Waals surface area (Å²) in [5.41, 5.74) is 5.22. The van der Waals surface area contributed by atoms with Crippen molar-refractivity contribution in [1.29, 1.82) is 5.26 Å². The fourth-order valence-electron chi connectivity index (χ4n) is 2.89. The number of anilines is 1. The molecule has 0 radical (unpaired) electrons. The number of alkyl halides is 3. The molecule has 0 bridgehead atoms. The highest BCUT2D eigenvalue weighted by molar-refractivity contribution is 7.98. The molecule has 0 aliphatic rings. The quantitative estimate of drug-likeness (QED) is 0.426. The normalized spacial score (nSPS) is 11.5. The van der Waals surface area contributed by atoms with Crippen LogP contribution >= 0.6 is 23.1 Å². The summed E-state index contributed by atoms with van der Waals surface area (Å²) in [7, 11) is 0. The highest BCUT2D eigenvalue weighted by Gasteiger charge is 2.35. The van der Waals surface area contributed by atoms with Crippen LogP contribution in [0.25, 0.3) is 10.2 Å². The number of ether oxygens (including phenoxy) is 1. The third-order valence-corrected chi connectivity index (χ3v) is 6.33. The Bertz CT molecular complexity index is 1220. The lowest BCUT2D eigenvalue weighted by atomic mass is 10.1. The second kappa shape index (κ2) is 8.68. The van der Waals surface area contributed by atoms with Gasteiger partial charge >= 0.3 is 12.1 Å². The van der Waals surface area contributed by atoms with Gasteiger partial charge in [0.05, 0.1) is 28.9 Å². The number of aromatic nitrogens is 3. The Hall–Kier alpha value is -2.91. The van der Waals surface area contributed by atoms with Crippen LogP contribution in [0.4, 0.5) is 19.0 Å². The molecule has 162 valence electrons. The third kappa shape index (κ3) is 4.57. The number of thioether (sulfide) groups is 1. The summed E-state index contributed by atoms with van der Waals surface area (Å²) in [6.45, 7) is 5.06. The maximum atomic E-state index is 13.3. The van der Waals surface area contributed by atoms with Gasteiger partial charge in [-0.1, -0.05) is 11.8 Å². The second-order valence-electron chi connectivity index (χ2n) is 6.37. The van der Waals surface area contributed by atoms with Crippen LogP contribution in [0.3, 0.4) is 0 Å². The number of carbonyl (C=O) groups is 1. The smallest absolute Gasteiger partial charge is 0.417 e. The highest BCUT2D eigenvalue weighted by Crippen LogP contribution is 2.37. The van der Waals surface area contributed by atoms with E-state index in [2.05, 4.69) is 15.0 Å². The molecule has 12 heteroatoms. The van der Waals surface area contributed by atoms with Gasteiger partial charge in [-0.25, -0.2) is 19.7 Å². The maximum absolute atomic E-state index is 13.3. The summed E-state index contributed by atoms with van der Waals surface area (Å²) in [6, 6.07) is 2.43. The minimum Gasteiger partial charge on any atom is -0.462 e. The van der Waals surface area contributed by atoms with Crippen LogP contribution in [-0.2, 0) is 16.7 Å². The molecule has 0 aliphatic carbocycles. The summed E-state index contributed by atoms with van der Waals surface area (Å²) in [5, 5.41) is 9.74. The first-order chi connectivity index (χ1) is 14.6. The lowest BCUT2D eigenvalue weighted by Gasteiger charge is -2.12. The van der Waals surface area contributed by atoms with Gasteiger partial charge in [-0.05, 0) is 32.4 Å². The van der Waals surface area contributed by atoms with E-state index in [-0.39, 0.29) is 34.7 Å². The number of pyridine rings is 1. The van der Waals surface area contributed by atoms with Crippen molar-refractivity contribution >= 4 is 45.1 Å². The number of aryl methyl sites for hydroxylation is 2. The molecule has 3 aromatic heterocycles. The Balaban J connectivity index is 1.96. The number of nitrogens with two attached hydrogens (primary N) is 1. The second-order valence-corrected chi connectivity index (χ2v) is 8.33. The Morgan fingerprint density at radius 3 is 2.65 bits per heavy atom. The lowest BCUT2D eigenvalue weighted by molar-refractivity contribution is -0.138. The largest absolute Gasteiger partial charge is 0.462 e. The van der Waals surface area contributed by atoms with Crippen molar-refractivity contribution in [2.75, 3.05) is 12.3 Å². The zero-order chi connectivity index (χ0) is 22.9. The molecule has 3 aromatic rings. The van der Waals surface area contributed by atoms with Crippen LogP contribution in [0.2, 0.25) is 0 Å². The van der Waals surface area contributed by atoms with E-state index in [1.807, 2.05) is 0 Å². The molecular formula is C19H16F3N5O2S2. The molecule has 0 aromatic carbocycles. The number of nitrogens with zero attached hydrogens (tertiary/aromatic N) is 4. The Labute approximate surface area is 183 Å². The molecule has 0 saturated carbocycles. The number of rotatable bonds is 5. The molecule has 0 atom stereocenters. The molecule has 0 unspecified atom stereocenters. The fourth-order valence-corrected chi connectivity index (χ4v) is 4.89. The first-order valence-corrected chi connectivity index (χ1v) is 10.7. The number of esters is 1. The summed E-state index contributed by atoms with van der Waals surface area (Å²) < 4.78 is 44.9. The van der Waals surface area contributed by atoms with Crippen LogP contribution in [0.15, 0.2) is 11.1 Å². The average molecular weight is 467 g/mol. The SMILES string of the molecule is CCOC(=O)c1sc2nc(CSc3nc(C)cc(C(F)(F)F)c3C#N)nc(N)c2c1C. The van der Waals surface area contributed by atoms with Crippen molar-refractivity contribution in [3.8, 4) is 6.07 Å². The van der Waals surface area contributed by atoms with Crippen molar-refractivity contribution in [2.45, 2.75) is 37.7 Å². The molecule has 7 nitrogen and oxygen atoms in total. The third-order valence-electron chi connectivity index (χ3n) is 4.19. The standard InChI is InChI=1S/C19H16F3N5O2S2/c1-4-29-18(28)14-9(3)13-15(24)26-12(27-17(13)31-14)7-30-16-10(6-23)11(19(20,21)22)5-8(2)25-16/h5H,4,7H2,1-3H3,(H2,24,26,27). The Kier molecular flexibility index (Phi) is 6.38. The Morgan fingerprint density at radius 2 is 2.03 bits per heavy atom. The van der Waals surface area contributed by atoms with E-state index in [9.17, 15) is 23.2 Å². The van der Waals surface area contributed by atoms with E-state index in [1.54, 1.807) is 19.9 Å². The molecule has 0 amide bonds. The molecule has 31 heavy (non-hydrogen) atoms. The zero-order valence-electron chi connectivity index (χ0n) is 16.6. The molecule has 0 saturated heterocycles. The molecule has 0 spiro atoms. The summed E-state index contributed by atoms with van der Waals surface area (Å²) >= 11 is 2.02. The van der Waals surface area contributed by atoms with Crippen LogP contribution in [0.5, 0.6) is 0 Å².